The van der Waals surface area contributed by atoms with E-state index in [0.29, 0.717) is 11.4 Å². The number of rotatable bonds is 24. The Kier molecular flexibility index (Phi) is 21.8. The predicted octanol–water partition coefficient (Wildman–Crippen LogP) is -3.87. The van der Waals surface area contributed by atoms with Crippen LogP contribution in [-0.4, -0.2) is 247 Å². The van der Waals surface area contributed by atoms with E-state index < -0.39 is 60.6 Å². The first-order chi connectivity index (χ1) is 30.6. The van der Waals surface area contributed by atoms with Crippen molar-refractivity contribution in [3.63, 3.8) is 0 Å². The molecule has 0 radical (unpaired) electrons. The largest absolute Gasteiger partial charge is 0.480 e. The zero-order valence-electron chi connectivity index (χ0n) is 35.4. The maximum atomic E-state index is 12.6. The number of carboxylic acid groups (broad SMARTS) is 4. The van der Waals surface area contributed by atoms with Gasteiger partial charge in [-0.3, -0.25) is 43.6 Å². The third kappa shape index (κ3) is 18.8. The smallest absolute Gasteiger partial charge is 0.317 e. The van der Waals surface area contributed by atoms with Gasteiger partial charge in [0.2, 0.25) is 5.91 Å². The fraction of sp³-hybridized carbons (Fsp3) is 0.667. The topological polar surface area (TPSA) is 340 Å². The number of carboxylic acids is 4. The minimum atomic E-state index is -1.65. The van der Waals surface area contributed by atoms with Gasteiger partial charge in [0.1, 0.15) is 30.1 Å². The monoisotopic (exact) mass is 912 g/mol. The van der Waals surface area contributed by atoms with Gasteiger partial charge in [-0.2, -0.15) is 0 Å². The van der Waals surface area contributed by atoms with Gasteiger partial charge in [0, 0.05) is 57.5 Å². The van der Waals surface area contributed by atoms with Gasteiger partial charge in [-0.05, 0) is 24.1 Å². The molecule has 4 rings (SSSR count). The van der Waals surface area contributed by atoms with Crippen molar-refractivity contribution in [3.8, 4) is 0 Å². The van der Waals surface area contributed by atoms with E-state index >= 15 is 0 Å². The molecule has 0 saturated carbocycles. The van der Waals surface area contributed by atoms with Crippen LogP contribution >= 0.6 is 0 Å². The van der Waals surface area contributed by atoms with Gasteiger partial charge in [0.15, 0.2) is 6.29 Å². The molecular formula is C39H60N8O17. The summed E-state index contributed by atoms with van der Waals surface area (Å²) < 4.78 is 23.0. The lowest BCUT2D eigenvalue weighted by molar-refractivity contribution is -0.284. The Bertz CT molecular complexity index is 1770. The Labute approximate surface area is 368 Å². The number of hydrogen-bond donors (Lipinski definition) is 9. The first kappa shape index (κ1) is 51.9. The first-order valence-electron chi connectivity index (χ1n) is 20.7. The summed E-state index contributed by atoms with van der Waals surface area (Å²) in [6.45, 7) is 1.01. The van der Waals surface area contributed by atoms with Crippen molar-refractivity contribution in [2.24, 2.45) is 0 Å². The molecule has 9 N–H and O–H groups in total. The molecule has 1 aromatic carbocycles. The molecule has 2 aliphatic rings. The van der Waals surface area contributed by atoms with Crippen molar-refractivity contribution in [1.82, 2.24) is 34.6 Å². The van der Waals surface area contributed by atoms with E-state index in [-0.39, 0.29) is 137 Å². The number of anilines is 1. The van der Waals surface area contributed by atoms with E-state index in [1.807, 2.05) is 0 Å². The average molecular weight is 913 g/mol. The number of aromatic nitrogens is 3. The number of aliphatic hydroxyl groups is 4. The lowest BCUT2D eigenvalue weighted by Gasteiger charge is -2.38. The van der Waals surface area contributed by atoms with E-state index in [2.05, 4.69) is 15.6 Å². The maximum absolute atomic E-state index is 12.6. The molecule has 2 aliphatic heterocycles. The van der Waals surface area contributed by atoms with Crippen molar-refractivity contribution in [2.75, 3.05) is 110 Å². The third-order valence-electron chi connectivity index (χ3n) is 10.4. The minimum Gasteiger partial charge on any atom is -0.480 e. The zero-order valence-corrected chi connectivity index (χ0v) is 35.4. The van der Waals surface area contributed by atoms with Crippen molar-refractivity contribution < 1.29 is 83.8 Å². The van der Waals surface area contributed by atoms with Crippen LogP contribution in [0, 0.1) is 0 Å². The summed E-state index contributed by atoms with van der Waals surface area (Å²) in [6, 6.07) is 6.39. The molecule has 1 amide bonds. The highest BCUT2D eigenvalue weighted by Gasteiger charge is 2.43. The highest BCUT2D eigenvalue weighted by atomic mass is 16.6. The third-order valence-corrected chi connectivity index (χ3v) is 10.4. The van der Waals surface area contributed by atoms with Gasteiger partial charge in [0.25, 0.3) is 0 Å². The van der Waals surface area contributed by atoms with Crippen LogP contribution in [0.1, 0.15) is 17.7 Å². The second kappa shape index (κ2) is 26.9. The molecule has 3 heterocycles. The van der Waals surface area contributed by atoms with Crippen molar-refractivity contribution in [3.05, 3.63) is 41.7 Å². The van der Waals surface area contributed by atoms with Gasteiger partial charge in [-0.25, -0.2) is 4.68 Å². The fourth-order valence-electron chi connectivity index (χ4n) is 7.12. The maximum Gasteiger partial charge on any atom is 0.317 e. The minimum absolute atomic E-state index is 0.0346. The normalized spacial score (nSPS) is 23.5. The molecule has 6 atom stereocenters. The highest BCUT2D eigenvalue weighted by Crippen LogP contribution is 2.21. The van der Waals surface area contributed by atoms with Gasteiger partial charge in [-0.1, -0.05) is 17.3 Å². The molecule has 0 bridgehead atoms. The Morgan fingerprint density at radius 3 is 1.83 bits per heavy atom. The molecule has 0 spiro atoms. The number of carbonyl (C=O) groups excluding carboxylic acids is 1. The molecule has 2 aromatic rings. The molecule has 25 nitrogen and oxygen atoms in total. The first-order valence-corrected chi connectivity index (χ1v) is 20.7. The summed E-state index contributed by atoms with van der Waals surface area (Å²) in [4.78, 5) is 66.3. The molecule has 2 saturated heterocycles. The van der Waals surface area contributed by atoms with E-state index in [4.69, 9.17) is 18.9 Å². The van der Waals surface area contributed by atoms with Gasteiger partial charge >= 0.3 is 23.9 Å². The Balaban J connectivity index is 1.19. The summed E-state index contributed by atoms with van der Waals surface area (Å²) in [7, 11) is 0. The van der Waals surface area contributed by atoms with Crippen LogP contribution in [0.25, 0.3) is 0 Å². The van der Waals surface area contributed by atoms with Crippen LogP contribution in [0.2, 0.25) is 0 Å². The van der Waals surface area contributed by atoms with E-state index in [0.717, 1.165) is 5.56 Å². The molecule has 0 aliphatic carbocycles. The second-order valence-electron chi connectivity index (χ2n) is 15.4. The standard InChI is InChI=1S/C39H60N8O17/c48-31(5-12-61-13-14-62-15-16-63-25-28-18-47(42-41-28)20-30-36(57)37(58)38(59)39(60)64-30)40-27-3-1-26(2-4-27)17-29-19-45(23-34(53)54)9-8-43(21-32(49)50)6-7-44(22-33(51)52)10-11-46(29)24-35(55)56/h1-4,18,29-30,36-39,57-60H,5-17,19-25H2,(H,40,48)(H,49,50)(H,51,52)(H,53,54)(H,55,56)/t29?,30-,36+,37-,38-,39+/m0/s1. The molecule has 358 valence electrons. The number of nitrogens with one attached hydrogen (secondary N) is 1. The number of nitrogens with zero attached hydrogens (tertiary/aromatic N) is 7. The number of carbonyl (C=O) groups is 5. The number of aliphatic carboxylic acids is 4. The number of ether oxygens (including phenoxy) is 4. The molecule has 25 heteroatoms. The summed E-state index contributed by atoms with van der Waals surface area (Å²) in [5, 5.41) is 88.4. The predicted molar refractivity (Wildman–Crippen MR) is 219 cm³/mol. The van der Waals surface area contributed by atoms with Crippen LogP contribution in [-0.2, 0) is 62.5 Å². The fourth-order valence-corrected chi connectivity index (χ4v) is 7.12. The lowest BCUT2D eigenvalue weighted by atomic mass is 9.99. The molecule has 2 fully saturated rings. The Morgan fingerprint density at radius 1 is 0.672 bits per heavy atom. The summed E-state index contributed by atoms with van der Waals surface area (Å²) >= 11 is 0. The van der Waals surface area contributed by atoms with Gasteiger partial charge in [0.05, 0.1) is 85.0 Å². The van der Waals surface area contributed by atoms with Crippen LogP contribution in [0.15, 0.2) is 30.5 Å². The number of amides is 1. The number of aliphatic hydroxyl groups excluding tert-OH is 4. The molecular weight excluding hydrogens is 852 g/mol. The van der Waals surface area contributed by atoms with Crippen LogP contribution in [0.3, 0.4) is 0 Å². The molecule has 64 heavy (non-hydrogen) atoms. The van der Waals surface area contributed by atoms with Crippen LogP contribution < -0.4 is 5.32 Å². The summed E-state index contributed by atoms with van der Waals surface area (Å²) in [5.41, 5.74) is 1.75. The Hall–Kier alpha value is -4.77. The highest BCUT2D eigenvalue weighted by molar-refractivity contribution is 5.90. The van der Waals surface area contributed by atoms with Gasteiger partial charge in [-0.15, -0.1) is 5.10 Å². The SMILES string of the molecule is O=C(O)CN1CCN(CC(=O)O)CCN(CC(=O)O)C(Cc2ccc(NC(=O)CCOCCOCCOCc3cn(C[C@@H]4O[C@@H](O)[C@@H](O)[C@@H](O)[C@@H]4O)nn3)cc2)CN(CC(=O)O)CC1. The summed E-state index contributed by atoms with van der Waals surface area (Å²) in [5.74, 6) is -4.68. The van der Waals surface area contributed by atoms with E-state index in [1.54, 1.807) is 50.1 Å². The zero-order chi connectivity index (χ0) is 46.6. The van der Waals surface area contributed by atoms with E-state index in [9.17, 15) is 64.8 Å². The molecule has 1 unspecified atom stereocenters. The summed E-state index contributed by atoms with van der Waals surface area (Å²) in [6.07, 6.45) is -5.42. The van der Waals surface area contributed by atoms with Gasteiger partial charge < -0.3 is 65.1 Å². The van der Waals surface area contributed by atoms with Crippen molar-refractivity contribution >= 4 is 35.5 Å². The Morgan fingerprint density at radius 2 is 1.22 bits per heavy atom. The number of hydrogen-bond acceptors (Lipinski definition) is 19. The quantitative estimate of drug-likeness (QED) is 0.0455. The van der Waals surface area contributed by atoms with Crippen LogP contribution in [0.4, 0.5) is 5.69 Å². The van der Waals surface area contributed by atoms with Crippen molar-refractivity contribution in [2.45, 2.75) is 62.7 Å². The van der Waals surface area contributed by atoms with Crippen LogP contribution in [0.5, 0.6) is 0 Å². The molecule has 1 aromatic heterocycles. The van der Waals surface area contributed by atoms with E-state index in [1.165, 1.54) is 4.68 Å². The van der Waals surface area contributed by atoms with Crippen molar-refractivity contribution in [1.29, 1.82) is 0 Å². The lowest BCUT2D eigenvalue weighted by Crippen LogP contribution is -2.58. The average Bonchev–Trinajstić information content (AvgIpc) is 3.68. The number of benzene rings is 1. The second-order valence-corrected chi connectivity index (χ2v) is 15.4.